The summed E-state index contributed by atoms with van der Waals surface area (Å²) in [5, 5.41) is 0. The van der Waals surface area contributed by atoms with Gasteiger partial charge in [-0.15, -0.1) is 0 Å². The molecule has 0 unspecified atom stereocenters. The summed E-state index contributed by atoms with van der Waals surface area (Å²) in [6.45, 7) is 16.0. The van der Waals surface area contributed by atoms with Gasteiger partial charge in [0.25, 0.3) is 0 Å². The molecule has 0 spiro atoms. The molecule has 1 aliphatic carbocycles. The molecule has 100 valence electrons. The van der Waals surface area contributed by atoms with Crippen LogP contribution in [0.3, 0.4) is 0 Å². The van der Waals surface area contributed by atoms with Crippen LogP contribution < -0.4 is 0 Å². The fourth-order valence-corrected chi connectivity index (χ4v) is 1.20. The van der Waals surface area contributed by atoms with E-state index in [1.807, 2.05) is 55.4 Å². The van der Waals surface area contributed by atoms with Crippen LogP contribution in [0, 0.1) is 0 Å². The molecule has 0 N–H and O–H groups in total. The Bertz CT molecular complexity index is 246. The van der Waals surface area contributed by atoms with Crippen molar-refractivity contribution >= 4 is 6.08 Å². The van der Waals surface area contributed by atoms with Gasteiger partial charge in [-0.05, 0) is 17.5 Å². The van der Waals surface area contributed by atoms with E-state index >= 15 is 0 Å². The van der Waals surface area contributed by atoms with Crippen molar-refractivity contribution in [1.29, 1.82) is 0 Å². The van der Waals surface area contributed by atoms with Crippen molar-refractivity contribution < 1.29 is 0 Å². The first kappa shape index (κ1) is 21.3. The smallest absolute Gasteiger partial charge is 0.00882 e. The van der Waals surface area contributed by atoms with E-state index in [2.05, 4.69) is 36.4 Å². The second kappa shape index (κ2) is 20.4. The predicted octanol–water partition coefficient (Wildman–Crippen LogP) is 6.36. The predicted molar refractivity (Wildman–Crippen MR) is 84.6 cm³/mol. The highest BCUT2D eigenvalue weighted by Crippen LogP contribution is 2.17. The third-order valence-electron chi connectivity index (χ3n) is 1.69. The molecule has 17 heavy (non-hydrogen) atoms. The van der Waals surface area contributed by atoms with Crippen LogP contribution in [0.25, 0.3) is 6.08 Å². The van der Waals surface area contributed by atoms with E-state index in [4.69, 9.17) is 0 Å². The maximum Gasteiger partial charge on any atom is -0.00882 e. The highest BCUT2D eigenvalue weighted by molar-refractivity contribution is 5.59. The summed E-state index contributed by atoms with van der Waals surface area (Å²) in [6.07, 6.45) is 5.50. The Labute approximate surface area is 110 Å². The summed E-state index contributed by atoms with van der Waals surface area (Å²) in [6, 6.07) is 8.49. The number of fused-ring (bicyclic) bond motifs is 1. The van der Waals surface area contributed by atoms with Crippen LogP contribution >= 0.6 is 0 Å². The van der Waals surface area contributed by atoms with Crippen LogP contribution in [-0.2, 0) is 6.42 Å². The average molecular weight is 236 g/mol. The first-order chi connectivity index (χ1) is 8.47. The van der Waals surface area contributed by atoms with Crippen molar-refractivity contribution in [2.75, 3.05) is 0 Å². The van der Waals surface area contributed by atoms with Crippen LogP contribution in [0.1, 0.15) is 66.5 Å². The Balaban J connectivity index is -0.000000212. The van der Waals surface area contributed by atoms with Gasteiger partial charge in [0.2, 0.25) is 0 Å². The molecule has 1 aromatic rings. The third kappa shape index (κ3) is 9.86. The third-order valence-corrected chi connectivity index (χ3v) is 1.69. The zero-order chi connectivity index (χ0) is 14.1. The van der Waals surface area contributed by atoms with E-state index in [1.165, 1.54) is 11.1 Å². The number of rotatable bonds is 0. The van der Waals surface area contributed by atoms with Gasteiger partial charge in [-0.3, -0.25) is 0 Å². The Morgan fingerprint density at radius 3 is 1.65 bits per heavy atom. The minimum absolute atomic E-state index is 1.12. The van der Waals surface area contributed by atoms with Crippen molar-refractivity contribution in [2.24, 2.45) is 0 Å². The topological polar surface area (TPSA) is 0 Å². The molecule has 0 nitrogen and oxygen atoms in total. The van der Waals surface area contributed by atoms with Gasteiger partial charge < -0.3 is 0 Å². The number of hydrogen-bond acceptors (Lipinski definition) is 0. The van der Waals surface area contributed by atoms with Crippen molar-refractivity contribution in [1.82, 2.24) is 0 Å². The standard InChI is InChI=1S/C9H8.4C2H6/c1-2-5-9-7-3-6-8(9)4-1;4*1-2/h1-6H,7H2;4*1-2H3. The maximum absolute atomic E-state index is 2.20. The molecule has 0 heteroatoms. The lowest BCUT2D eigenvalue weighted by molar-refractivity contribution is 1.31. The van der Waals surface area contributed by atoms with E-state index in [1.54, 1.807) is 0 Å². The first-order valence-corrected chi connectivity index (χ1v) is 7.21. The summed E-state index contributed by atoms with van der Waals surface area (Å²) >= 11 is 0. The molecule has 0 aliphatic heterocycles. The molecule has 1 aromatic carbocycles. The van der Waals surface area contributed by atoms with Gasteiger partial charge in [0, 0.05) is 0 Å². The van der Waals surface area contributed by atoms with E-state index in [0.717, 1.165) is 6.42 Å². The lowest BCUT2D eigenvalue weighted by atomic mass is 10.1. The molecule has 0 saturated heterocycles. The Morgan fingerprint density at radius 1 is 0.706 bits per heavy atom. The van der Waals surface area contributed by atoms with Gasteiger partial charge in [-0.1, -0.05) is 91.8 Å². The molecule has 0 atom stereocenters. The van der Waals surface area contributed by atoms with Crippen molar-refractivity contribution in [3.63, 3.8) is 0 Å². The molecular weight excluding hydrogens is 204 g/mol. The molecular formula is C17H32. The average Bonchev–Trinajstić information content (AvgIpc) is 2.96. The van der Waals surface area contributed by atoms with Gasteiger partial charge in [0.15, 0.2) is 0 Å². The zero-order valence-electron chi connectivity index (χ0n) is 13.2. The molecule has 0 heterocycles. The molecule has 0 fully saturated rings. The second-order valence-corrected chi connectivity index (χ2v) is 2.31. The van der Waals surface area contributed by atoms with Gasteiger partial charge in [0.1, 0.15) is 0 Å². The second-order valence-electron chi connectivity index (χ2n) is 2.31. The van der Waals surface area contributed by atoms with Gasteiger partial charge >= 0.3 is 0 Å². The van der Waals surface area contributed by atoms with E-state index in [0.29, 0.717) is 0 Å². The summed E-state index contributed by atoms with van der Waals surface area (Å²) in [4.78, 5) is 0. The van der Waals surface area contributed by atoms with Crippen LogP contribution in [-0.4, -0.2) is 0 Å². The van der Waals surface area contributed by atoms with E-state index in [-0.39, 0.29) is 0 Å². The molecule has 1 aliphatic rings. The Morgan fingerprint density at radius 2 is 1.18 bits per heavy atom. The molecule has 0 radical (unpaired) electrons. The van der Waals surface area contributed by atoms with Gasteiger partial charge in [-0.25, -0.2) is 0 Å². The SMILES string of the molecule is C1=Cc2ccccc2C1.CC.CC.CC.CC. The fraction of sp³-hybridized carbons (Fsp3) is 0.529. The Hall–Kier alpha value is -1.04. The molecule has 0 saturated carbocycles. The van der Waals surface area contributed by atoms with E-state index in [9.17, 15) is 0 Å². The van der Waals surface area contributed by atoms with Gasteiger partial charge in [0.05, 0.1) is 0 Å². The van der Waals surface area contributed by atoms with Crippen molar-refractivity contribution in [3.05, 3.63) is 41.5 Å². The Kier molecular flexibility index (Phi) is 25.5. The normalized spacial score (nSPS) is 8.71. The molecule has 0 amide bonds. The van der Waals surface area contributed by atoms with Crippen molar-refractivity contribution in [3.8, 4) is 0 Å². The first-order valence-electron chi connectivity index (χ1n) is 7.21. The minimum Gasteiger partial charge on any atom is -0.0795 e. The quantitative estimate of drug-likeness (QED) is 0.491. The van der Waals surface area contributed by atoms with Crippen LogP contribution in [0.4, 0.5) is 0 Å². The number of hydrogen-bond donors (Lipinski definition) is 0. The highest BCUT2D eigenvalue weighted by Gasteiger charge is 2.00. The summed E-state index contributed by atoms with van der Waals surface area (Å²) < 4.78 is 0. The number of allylic oxidation sites excluding steroid dienone is 1. The molecule has 0 aromatic heterocycles. The fourth-order valence-electron chi connectivity index (χ4n) is 1.20. The monoisotopic (exact) mass is 236 g/mol. The largest absolute Gasteiger partial charge is 0.0795 e. The van der Waals surface area contributed by atoms with Crippen LogP contribution in [0.2, 0.25) is 0 Å². The zero-order valence-corrected chi connectivity index (χ0v) is 13.2. The van der Waals surface area contributed by atoms with Gasteiger partial charge in [-0.2, -0.15) is 0 Å². The number of benzene rings is 1. The summed E-state index contributed by atoms with van der Waals surface area (Å²) in [7, 11) is 0. The summed E-state index contributed by atoms with van der Waals surface area (Å²) in [5.74, 6) is 0. The lowest BCUT2D eigenvalue weighted by Gasteiger charge is -1.93. The molecule has 0 bridgehead atoms. The molecule has 2 rings (SSSR count). The van der Waals surface area contributed by atoms with Crippen molar-refractivity contribution in [2.45, 2.75) is 61.8 Å². The lowest BCUT2D eigenvalue weighted by Crippen LogP contribution is -1.76. The maximum atomic E-state index is 2.20. The van der Waals surface area contributed by atoms with E-state index < -0.39 is 0 Å². The minimum atomic E-state index is 1.12. The highest BCUT2D eigenvalue weighted by atomic mass is 14.0. The van der Waals surface area contributed by atoms with Crippen LogP contribution in [0.5, 0.6) is 0 Å². The van der Waals surface area contributed by atoms with Crippen LogP contribution in [0.15, 0.2) is 30.3 Å². The summed E-state index contributed by atoms with van der Waals surface area (Å²) in [5.41, 5.74) is 2.84.